The van der Waals surface area contributed by atoms with Crippen LogP contribution in [0.15, 0.2) is 53.6 Å². The first kappa shape index (κ1) is 29.8. The lowest BCUT2D eigenvalue weighted by Gasteiger charge is -2.23. The molecule has 0 N–H and O–H groups in total. The molecule has 0 amide bonds. The van der Waals surface area contributed by atoms with E-state index in [-0.39, 0.29) is 40.1 Å². The molecule has 0 atom stereocenters. The molecule has 0 radical (unpaired) electrons. The van der Waals surface area contributed by atoms with Crippen molar-refractivity contribution in [2.75, 3.05) is 6.61 Å². The number of ether oxygens (including phenoxy) is 2. The maximum Gasteiger partial charge on any atom is 0.315 e. The van der Waals surface area contributed by atoms with E-state index >= 15 is 4.39 Å². The topological polar surface area (TPSA) is 83.3 Å². The molecule has 0 aliphatic carbocycles. The second kappa shape index (κ2) is 11.7. The van der Waals surface area contributed by atoms with Crippen LogP contribution in [0.1, 0.15) is 43.3 Å². The van der Waals surface area contributed by atoms with Gasteiger partial charge < -0.3 is 9.47 Å². The number of hydrogen-bond donors (Lipinski definition) is 0. The smallest absolute Gasteiger partial charge is 0.315 e. The molecular formula is C30H27ClF3N3O4. The van der Waals surface area contributed by atoms with Gasteiger partial charge in [-0.2, -0.15) is 0 Å². The largest absolute Gasteiger partial charge is 0.485 e. The van der Waals surface area contributed by atoms with Gasteiger partial charge in [0.2, 0.25) is 0 Å². The number of rotatable bonds is 8. The lowest BCUT2D eigenvalue weighted by molar-refractivity contribution is -0.148. The van der Waals surface area contributed by atoms with Gasteiger partial charge in [-0.15, -0.1) is 0 Å². The molecule has 3 aromatic heterocycles. The Morgan fingerprint density at radius 1 is 1.07 bits per heavy atom. The number of esters is 1. The van der Waals surface area contributed by atoms with Crippen LogP contribution in [0.4, 0.5) is 13.2 Å². The second-order valence-corrected chi connectivity index (χ2v) is 10.2. The Labute approximate surface area is 239 Å². The van der Waals surface area contributed by atoms with Crippen molar-refractivity contribution < 1.29 is 27.4 Å². The normalized spacial score (nSPS) is 11.4. The Bertz CT molecular complexity index is 1710. The number of hydrogen-bond acceptors (Lipinski definition) is 6. The van der Waals surface area contributed by atoms with Gasteiger partial charge in [-0.3, -0.25) is 24.1 Å². The monoisotopic (exact) mass is 585 g/mol. The van der Waals surface area contributed by atoms with Gasteiger partial charge >= 0.3 is 5.97 Å². The Kier molecular flexibility index (Phi) is 8.53. The van der Waals surface area contributed by atoms with Crippen molar-refractivity contribution in [3.63, 3.8) is 0 Å². The van der Waals surface area contributed by atoms with Gasteiger partial charge in [0.1, 0.15) is 34.6 Å². The molecule has 0 fully saturated rings. The molecule has 0 saturated heterocycles. The average molecular weight is 586 g/mol. The molecule has 7 nitrogen and oxygen atoms in total. The molecular weight excluding hydrogens is 559 g/mol. The van der Waals surface area contributed by atoms with Crippen LogP contribution in [-0.4, -0.2) is 27.1 Å². The number of benzene rings is 1. The van der Waals surface area contributed by atoms with E-state index < -0.39 is 41.0 Å². The van der Waals surface area contributed by atoms with Crippen LogP contribution in [0.2, 0.25) is 5.02 Å². The molecule has 11 heteroatoms. The summed E-state index contributed by atoms with van der Waals surface area (Å²) in [5.41, 5.74) is -0.422. The highest BCUT2D eigenvalue weighted by atomic mass is 35.5. The predicted octanol–water partition coefficient (Wildman–Crippen LogP) is 6.40. The first-order valence-corrected chi connectivity index (χ1v) is 13.0. The Morgan fingerprint density at radius 2 is 1.80 bits per heavy atom. The number of halogens is 4. The lowest BCUT2D eigenvalue weighted by atomic mass is 9.83. The lowest BCUT2D eigenvalue weighted by Crippen LogP contribution is -2.31. The molecule has 0 unspecified atom stereocenters. The summed E-state index contributed by atoms with van der Waals surface area (Å²) in [6.45, 7) is 8.10. The minimum Gasteiger partial charge on any atom is -0.485 e. The van der Waals surface area contributed by atoms with Gasteiger partial charge in [-0.05, 0) is 51.8 Å². The zero-order chi connectivity index (χ0) is 30.1. The summed E-state index contributed by atoms with van der Waals surface area (Å²) in [7, 11) is 0. The fourth-order valence-electron chi connectivity index (χ4n) is 4.28. The van der Waals surface area contributed by atoms with Crippen molar-refractivity contribution in [2.24, 2.45) is 0 Å². The number of carbonyl (C=O) groups excluding carboxylic acids is 1. The van der Waals surface area contributed by atoms with Crippen LogP contribution in [0.3, 0.4) is 0 Å². The van der Waals surface area contributed by atoms with Crippen LogP contribution in [0.5, 0.6) is 5.75 Å². The zero-order valence-electron chi connectivity index (χ0n) is 23.0. The van der Waals surface area contributed by atoms with Gasteiger partial charge in [0.05, 0.1) is 23.9 Å². The number of pyridine rings is 3. The minimum absolute atomic E-state index is 0.0345. The second-order valence-electron chi connectivity index (χ2n) is 9.85. The van der Waals surface area contributed by atoms with Crippen LogP contribution >= 0.6 is 11.6 Å². The molecule has 3 heterocycles. The summed E-state index contributed by atoms with van der Waals surface area (Å²) >= 11 is 6.32. The quantitative estimate of drug-likeness (QED) is 0.223. The van der Waals surface area contributed by atoms with Gasteiger partial charge in [0.15, 0.2) is 11.6 Å². The predicted molar refractivity (Wildman–Crippen MR) is 148 cm³/mol. The third-order valence-electron chi connectivity index (χ3n) is 6.59. The first-order valence-electron chi connectivity index (χ1n) is 12.6. The van der Waals surface area contributed by atoms with E-state index in [1.165, 1.54) is 12.3 Å². The Hall–Kier alpha value is -4.18. The number of aryl methyl sites for hydroxylation is 2. The van der Waals surface area contributed by atoms with E-state index in [4.69, 9.17) is 21.1 Å². The molecule has 214 valence electrons. The number of nitrogens with zero attached hydrogens (tertiary/aromatic N) is 3. The van der Waals surface area contributed by atoms with Crippen molar-refractivity contribution in [1.29, 1.82) is 0 Å². The third-order valence-corrected chi connectivity index (χ3v) is 6.94. The van der Waals surface area contributed by atoms with E-state index in [0.29, 0.717) is 22.8 Å². The SMILES string of the molecule is CCOC(=O)C(C)(C)c1cccc(-c2ncc(C)c(-n3c(C)cc(OCc4ncc(F)cc4F)c(Cl)c3=O)c2F)c1. The molecule has 41 heavy (non-hydrogen) atoms. The van der Waals surface area contributed by atoms with Crippen molar-refractivity contribution in [3.8, 4) is 22.7 Å². The summed E-state index contributed by atoms with van der Waals surface area (Å²) in [5, 5.41) is -0.367. The van der Waals surface area contributed by atoms with Crippen molar-refractivity contribution in [1.82, 2.24) is 14.5 Å². The van der Waals surface area contributed by atoms with E-state index in [9.17, 15) is 18.4 Å². The van der Waals surface area contributed by atoms with Crippen LogP contribution in [0, 0.1) is 31.3 Å². The zero-order valence-corrected chi connectivity index (χ0v) is 23.8. The number of carbonyl (C=O) groups is 1. The standard InChI is InChI=1S/C30H27ClF3N3O4/c1-6-40-29(39)30(4,5)19-9-7-8-18(11-19)26-25(34)27(16(2)13-36-26)37-17(3)10-23(24(31)28(37)38)41-15-22-21(33)12-20(32)14-35-22/h7-14H,6,15H2,1-5H3. The fourth-order valence-corrected chi connectivity index (χ4v) is 4.48. The summed E-state index contributed by atoms with van der Waals surface area (Å²) in [4.78, 5) is 33.9. The highest BCUT2D eigenvalue weighted by Crippen LogP contribution is 2.33. The average Bonchev–Trinajstić information content (AvgIpc) is 2.92. The molecule has 0 saturated carbocycles. The molecule has 0 aliphatic rings. The summed E-state index contributed by atoms with van der Waals surface area (Å²) < 4.78 is 55.1. The molecule has 4 rings (SSSR count). The van der Waals surface area contributed by atoms with Gasteiger partial charge in [0, 0.05) is 29.6 Å². The first-order chi connectivity index (χ1) is 19.4. The van der Waals surface area contributed by atoms with Crippen LogP contribution in [-0.2, 0) is 21.6 Å². The third kappa shape index (κ3) is 5.83. The van der Waals surface area contributed by atoms with E-state index in [0.717, 1.165) is 10.8 Å². The van der Waals surface area contributed by atoms with Gasteiger partial charge in [-0.25, -0.2) is 13.2 Å². The van der Waals surface area contributed by atoms with Crippen LogP contribution < -0.4 is 10.3 Å². The van der Waals surface area contributed by atoms with Crippen LogP contribution in [0.25, 0.3) is 16.9 Å². The van der Waals surface area contributed by atoms with Crippen molar-refractivity contribution >= 4 is 17.6 Å². The van der Waals surface area contributed by atoms with E-state index in [1.54, 1.807) is 58.9 Å². The molecule has 0 aliphatic heterocycles. The fraction of sp³-hybridized carbons (Fsp3) is 0.267. The number of aromatic nitrogens is 3. The van der Waals surface area contributed by atoms with Crippen molar-refractivity contribution in [3.05, 3.63) is 104 Å². The summed E-state index contributed by atoms with van der Waals surface area (Å²) in [5.74, 6) is -3.03. The summed E-state index contributed by atoms with van der Waals surface area (Å²) in [6, 6.07) is 8.81. The van der Waals surface area contributed by atoms with E-state index in [1.807, 2.05) is 0 Å². The molecule has 0 spiro atoms. The molecule has 1 aromatic carbocycles. The minimum atomic E-state index is -1.00. The maximum absolute atomic E-state index is 16.2. The Morgan fingerprint density at radius 3 is 2.49 bits per heavy atom. The highest BCUT2D eigenvalue weighted by Gasteiger charge is 2.32. The molecule has 0 bridgehead atoms. The Balaban J connectivity index is 1.75. The maximum atomic E-state index is 16.2. The molecule has 4 aromatic rings. The summed E-state index contributed by atoms with van der Waals surface area (Å²) in [6.07, 6.45) is 2.27. The van der Waals surface area contributed by atoms with E-state index in [2.05, 4.69) is 9.97 Å². The van der Waals surface area contributed by atoms with Gasteiger partial charge in [-0.1, -0.05) is 29.8 Å². The van der Waals surface area contributed by atoms with Gasteiger partial charge in [0.25, 0.3) is 5.56 Å². The van der Waals surface area contributed by atoms with Crippen molar-refractivity contribution in [2.45, 2.75) is 46.6 Å². The highest BCUT2D eigenvalue weighted by molar-refractivity contribution is 6.31.